The molecule has 10 heteroatoms. The fourth-order valence-corrected chi connectivity index (χ4v) is 3.96. The molecule has 0 spiro atoms. The van der Waals surface area contributed by atoms with Crippen molar-refractivity contribution < 1.29 is 17.9 Å². The van der Waals surface area contributed by atoms with Crippen LogP contribution in [0.25, 0.3) is 21.9 Å². The third-order valence-corrected chi connectivity index (χ3v) is 5.31. The van der Waals surface area contributed by atoms with E-state index in [9.17, 15) is 13.2 Å². The number of aromatic amines is 1. The quantitative estimate of drug-likeness (QED) is 0.487. The number of H-pyrrole nitrogens is 1. The van der Waals surface area contributed by atoms with Crippen LogP contribution in [0, 0.1) is 0 Å². The zero-order valence-electron chi connectivity index (χ0n) is 16.6. The molecule has 0 saturated carbocycles. The van der Waals surface area contributed by atoms with Crippen LogP contribution < -0.4 is 19.9 Å². The van der Waals surface area contributed by atoms with Crippen LogP contribution in [0.1, 0.15) is 5.56 Å². The molecule has 0 amide bonds. The van der Waals surface area contributed by atoms with Gasteiger partial charge in [0.2, 0.25) is 10.0 Å². The lowest BCUT2D eigenvalue weighted by molar-refractivity contribution is 0.356. The molecule has 0 aliphatic heterocycles. The van der Waals surface area contributed by atoms with Gasteiger partial charge in [0.1, 0.15) is 0 Å². The molecule has 2 N–H and O–H groups in total. The Labute approximate surface area is 172 Å². The maximum absolute atomic E-state index is 12.7. The molecule has 2 aromatic carbocycles. The average Bonchev–Trinajstić information content (AvgIpc) is 3.02. The summed E-state index contributed by atoms with van der Waals surface area (Å²) in [4.78, 5) is 19.9. The Bertz CT molecular complexity index is 1410. The molecule has 0 saturated heterocycles. The van der Waals surface area contributed by atoms with Crippen LogP contribution in [-0.4, -0.2) is 43.4 Å². The van der Waals surface area contributed by atoms with Crippen molar-refractivity contribution >= 4 is 37.6 Å². The first-order valence-corrected chi connectivity index (χ1v) is 10.9. The lowest BCUT2D eigenvalue weighted by Crippen LogP contribution is -2.17. The third-order valence-electron chi connectivity index (χ3n) is 4.70. The van der Waals surface area contributed by atoms with Crippen LogP contribution in [0.2, 0.25) is 0 Å². The number of fused-ring (bicyclic) bond motifs is 3. The minimum absolute atomic E-state index is 0.271. The fourth-order valence-electron chi connectivity index (χ4n) is 3.40. The molecule has 9 nitrogen and oxygen atoms in total. The predicted molar refractivity (Wildman–Crippen MR) is 115 cm³/mol. The molecular formula is C20H20N4O5S. The summed E-state index contributed by atoms with van der Waals surface area (Å²) >= 11 is 0. The molecule has 4 rings (SSSR count). The van der Waals surface area contributed by atoms with E-state index in [1.165, 1.54) is 0 Å². The van der Waals surface area contributed by atoms with E-state index in [0.717, 1.165) is 17.2 Å². The van der Waals surface area contributed by atoms with Gasteiger partial charge in [-0.15, -0.1) is 0 Å². The first-order chi connectivity index (χ1) is 14.3. The van der Waals surface area contributed by atoms with Crippen LogP contribution in [0.4, 0.5) is 5.69 Å². The second-order valence-electron chi connectivity index (χ2n) is 6.83. The van der Waals surface area contributed by atoms with E-state index in [-0.39, 0.29) is 5.69 Å². The summed E-state index contributed by atoms with van der Waals surface area (Å²) in [6.07, 6.45) is 2.70. The SMILES string of the molecule is COc1cc2ncc3[nH]c(=O)n(Cc4ccc(NS(C)(=O)=O)cc4)c3c2cc1OC. The van der Waals surface area contributed by atoms with Gasteiger partial charge in [0, 0.05) is 17.1 Å². The van der Waals surface area contributed by atoms with Gasteiger partial charge in [0.05, 0.1) is 49.8 Å². The van der Waals surface area contributed by atoms with Crippen molar-refractivity contribution in [3.8, 4) is 11.5 Å². The molecule has 2 aromatic heterocycles. The number of benzene rings is 2. The highest BCUT2D eigenvalue weighted by atomic mass is 32.2. The molecule has 30 heavy (non-hydrogen) atoms. The van der Waals surface area contributed by atoms with Gasteiger partial charge in [-0.05, 0) is 23.8 Å². The lowest BCUT2D eigenvalue weighted by atomic mass is 10.1. The first kappa shape index (κ1) is 19.8. The maximum Gasteiger partial charge on any atom is 0.326 e. The Morgan fingerprint density at radius 3 is 2.40 bits per heavy atom. The minimum atomic E-state index is -3.35. The molecule has 0 fully saturated rings. The van der Waals surface area contributed by atoms with Crippen LogP contribution in [0.15, 0.2) is 47.4 Å². The lowest BCUT2D eigenvalue weighted by Gasteiger charge is -2.11. The van der Waals surface area contributed by atoms with Crippen molar-refractivity contribution in [3.63, 3.8) is 0 Å². The number of nitrogens with zero attached hydrogens (tertiary/aromatic N) is 2. The largest absolute Gasteiger partial charge is 0.493 e. The van der Waals surface area contributed by atoms with Crippen molar-refractivity contribution in [2.45, 2.75) is 6.54 Å². The van der Waals surface area contributed by atoms with Crippen molar-refractivity contribution in [2.75, 3.05) is 25.2 Å². The number of imidazole rings is 1. The van der Waals surface area contributed by atoms with Gasteiger partial charge in [0.15, 0.2) is 11.5 Å². The van der Waals surface area contributed by atoms with E-state index < -0.39 is 10.0 Å². The summed E-state index contributed by atoms with van der Waals surface area (Å²) in [6.45, 7) is 0.297. The summed E-state index contributed by atoms with van der Waals surface area (Å²) in [7, 11) is -0.250. The number of hydrogen-bond donors (Lipinski definition) is 2. The van der Waals surface area contributed by atoms with Gasteiger partial charge in [-0.25, -0.2) is 13.2 Å². The van der Waals surface area contributed by atoms with Crippen molar-refractivity contribution in [1.29, 1.82) is 0 Å². The molecule has 156 valence electrons. The topological polar surface area (TPSA) is 115 Å². The van der Waals surface area contributed by atoms with Gasteiger partial charge >= 0.3 is 5.69 Å². The van der Waals surface area contributed by atoms with E-state index >= 15 is 0 Å². The highest BCUT2D eigenvalue weighted by Crippen LogP contribution is 2.34. The number of aromatic nitrogens is 3. The molecule has 2 heterocycles. The Hall–Kier alpha value is -3.53. The number of pyridine rings is 1. The Morgan fingerprint density at radius 2 is 1.77 bits per heavy atom. The monoisotopic (exact) mass is 428 g/mol. The van der Waals surface area contributed by atoms with Crippen LogP contribution in [-0.2, 0) is 16.6 Å². The minimum Gasteiger partial charge on any atom is -0.493 e. The third kappa shape index (κ3) is 3.69. The first-order valence-electron chi connectivity index (χ1n) is 8.99. The van der Waals surface area contributed by atoms with Crippen LogP contribution in [0.3, 0.4) is 0 Å². The number of nitrogens with one attached hydrogen (secondary N) is 2. The number of ether oxygens (including phenoxy) is 2. The van der Waals surface area contributed by atoms with Crippen molar-refractivity contribution in [3.05, 3.63) is 58.6 Å². The highest BCUT2D eigenvalue weighted by molar-refractivity contribution is 7.92. The van der Waals surface area contributed by atoms with Crippen molar-refractivity contribution in [2.24, 2.45) is 0 Å². The molecule has 0 bridgehead atoms. The molecule has 4 aromatic rings. The van der Waals surface area contributed by atoms with Crippen molar-refractivity contribution in [1.82, 2.24) is 14.5 Å². The van der Waals surface area contributed by atoms with Gasteiger partial charge in [-0.3, -0.25) is 14.3 Å². The van der Waals surface area contributed by atoms with E-state index in [0.29, 0.717) is 40.3 Å². The maximum atomic E-state index is 12.7. The van der Waals surface area contributed by atoms with Gasteiger partial charge in [0.25, 0.3) is 0 Å². The summed E-state index contributed by atoms with van der Waals surface area (Å²) < 4.78 is 37.5. The molecule has 0 aliphatic carbocycles. The van der Waals surface area contributed by atoms with Crippen LogP contribution in [0.5, 0.6) is 11.5 Å². The van der Waals surface area contributed by atoms with Gasteiger partial charge < -0.3 is 14.5 Å². The molecule has 0 aliphatic rings. The zero-order chi connectivity index (χ0) is 21.5. The zero-order valence-corrected chi connectivity index (χ0v) is 17.4. The van der Waals surface area contributed by atoms with Crippen LogP contribution >= 0.6 is 0 Å². The Kier molecular flexibility index (Phi) is 4.86. The summed E-state index contributed by atoms with van der Waals surface area (Å²) in [5.41, 5.74) is 2.99. The number of hydrogen-bond acceptors (Lipinski definition) is 6. The molecule has 0 atom stereocenters. The number of anilines is 1. The predicted octanol–water partition coefficient (Wildman–Crippen LogP) is 2.31. The average molecular weight is 428 g/mol. The summed E-state index contributed by atoms with van der Waals surface area (Å²) in [5.74, 6) is 1.09. The molecule has 0 radical (unpaired) electrons. The second-order valence-corrected chi connectivity index (χ2v) is 8.58. The Morgan fingerprint density at radius 1 is 1.10 bits per heavy atom. The number of methoxy groups -OCH3 is 2. The van der Waals surface area contributed by atoms with E-state index in [1.54, 1.807) is 61.4 Å². The fraction of sp³-hybridized carbons (Fsp3) is 0.200. The standard InChI is InChI=1S/C20H20N4O5S/c1-28-17-8-14-15(9-18(17)29-2)21-10-16-19(14)24(20(25)22-16)11-12-4-6-13(7-5-12)23-30(3,26)27/h4-10,23H,11H2,1-3H3,(H,22,25). The molecule has 0 unspecified atom stereocenters. The highest BCUT2D eigenvalue weighted by Gasteiger charge is 2.15. The van der Waals surface area contributed by atoms with E-state index in [1.807, 2.05) is 0 Å². The smallest absolute Gasteiger partial charge is 0.326 e. The Balaban J connectivity index is 1.81. The summed E-state index contributed by atoms with van der Waals surface area (Å²) in [5, 5.41) is 0.749. The number of rotatable bonds is 6. The molecular weight excluding hydrogens is 408 g/mol. The summed E-state index contributed by atoms with van der Waals surface area (Å²) in [6, 6.07) is 10.4. The van der Waals surface area contributed by atoms with E-state index in [4.69, 9.17) is 9.47 Å². The normalized spacial score (nSPS) is 11.7. The second kappa shape index (κ2) is 7.38. The number of sulfonamides is 1. The van der Waals surface area contributed by atoms with E-state index in [2.05, 4.69) is 14.7 Å². The van der Waals surface area contributed by atoms with Gasteiger partial charge in [-0.2, -0.15) is 0 Å². The van der Waals surface area contributed by atoms with Gasteiger partial charge in [-0.1, -0.05) is 12.1 Å².